The van der Waals surface area contributed by atoms with E-state index < -0.39 is 12.3 Å². The van der Waals surface area contributed by atoms with Gasteiger partial charge in [-0.3, -0.25) is 0 Å². The van der Waals surface area contributed by atoms with Gasteiger partial charge in [-0.15, -0.1) is 0 Å². The third kappa shape index (κ3) is 4.87. The fourth-order valence-corrected chi connectivity index (χ4v) is 0.435. The normalized spacial score (nSPS) is 12.2. The summed E-state index contributed by atoms with van der Waals surface area (Å²) in [6, 6.07) is 0. The Morgan fingerprint density at radius 2 is 2.17 bits per heavy atom. The first kappa shape index (κ1) is 11.1. The molecular formula is C8H14O4. The van der Waals surface area contributed by atoms with Crippen LogP contribution in [-0.4, -0.2) is 18.9 Å². The maximum Gasteiger partial charge on any atom is 0.335 e. The molecule has 1 unspecified atom stereocenters. The first-order valence-corrected chi connectivity index (χ1v) is 3.72. The van der Waals surface area contributed by atoms with E-state index in [4.69, 9.17) is 4.74 Å². The standard InChI is InChI=1S/C8H14O4/c1-5-10-12-7(4)11-8(9)6(2)3/h7H,2,5H2,1,3-4H3. The minimum Gasteiger partial charge on any atom is -0.430 e. The lowest BCUT2D eigenvalue weighted by Crippen LogP contribution is -2.18. The smallest absolute Gasteiger partial charge is 0.335 e. The third-order valence-electron chi connectivity index (χ3n) is 0.943. The summed E-state index contributed by atoms with van der Waals surface area (Å²) >= 11 is 0. The van der Waals surface area contributed by atoms with Crippen molar-refractivity contribution in [1.82, 2.24) is 0 Å². The second-order valence-electron chi connectivity index (χ2n) is 2.26. The zero-order chi connectivity index (χ0) is 9.56. The van der Waals surface area contributed by atoms with Crippen LogP contribution < -0.4 is 0 Å². The zero-order valence-corrected chi connectivity index (χ0v) is 7.62. The maximum atomic E-state index is 10.9. The van der Waals surface area contributed by atoms with Gasteiger partial charge in [0.05, 0.1) is 6.61 Å². The van der Waals surface area contributed by atoms with Gasteiger partial charge in [-0.1, -0.05) is 6.58 Å². The third-order valence-corrected chi connectivity index (χ3v) is 0.943. The fraction of sp³-hybridized carbons (Fsp3) is 0.625. The average Bonchev–Trinajstić information content (AvgIpc) is 2.00. The summed E-state index contributed by atoms with van der Waals surface area (Å²) < 4.78 is 4.73. The van der Waals surface area contributed by atoms with Gasteiger partial charge in [0.2, 0.25) is 6.29 Å². The van der Waals surface area contributed by atoms with Crippen molar-refractivity contribution < 1.29 is 19.3 Å². The average molecular weight is 174 g/mol. The van der Waals surface area contributed by atoms with Gasteiger partial charge in [0.15, 0.2) is 0 Å². The van der Waals surface area contributed by atoms with E-state index in [1.165, 1.54) is 0 Å². The quantitative estimate of drug-likeness (QED) is 0.208. The highest BCUT2D eigenvalue weighted by Gasteiger charge is 2.09. The molecular weight excluding hydrogens is 160 g/mol. The lowest BCUT2D eigenvalue weighted by atomic mass is 10.4. The van der Waals surface area contributed by atoms with Crippen LogP contribution in [0, 0.1) is 0 Å². The number of carbonyl (C=O) groups is 1. The van der Waals surface area contributed by atoms with Crippen LogP contribution in [0.1, 0.15) is 20.8 Å². The summed E-state index contributed by atoms with van der Waals surface area (Å²) in [6.45, 7) is 8.73. The predicted molar refractivity (Wildman–Crippen MR) is 43.1 cm³/mol. The van der Waals surface area contributed by atoms with E-state index in [0.29, 0.717) is 12.2 Å². The number of hydrogen-bond donors (Lipinski definition) is 0. The highest BCUT2D eigenvalue weighted by Crippen LogP contribution is 1.99. The van der Waals surface area contributed by atoms with Gasteiger partial charge in [-0.05, 0) is 13.8 Å². The Morgan fingerprint density at radius 1 is 1.58 bits per heavy atom. The Bertz CT molecular complexity index is 164. The van der Waals surface area contributed by atoms with E-state index in [9.17, 15) is 4.79 Å². The second-order valence-corrected chi connectivity index (χ2v) is 2.26. The number of ether oxygens (including phenoxy) is 1. The van der Waals surface area contributed by atoms with Crippen molar-refractivity contribution in [3.05, 3.63) is 12.2 Å². The van der Waals surface area contributed by atoms with Crippen LogP contribution >= 0.6 is 0 Å². The Balaban J connectivity index is 3.61. The summed E-state index contributed by atoms with van der Waals surface area (Å²) in [4.78, 5) is 20.1. The van der Waals surface area contributed by atoms with Crippen LogP contribution in [0.2, 0.25) is 0 Å². The van der Waals surface area contributed by atoms with E-state index in [1.807, 2.05) is 0 Å². The molecule has 0 fully saturated rings. The van der Waals surface area contributed by atoms with Gasteiger partial charge in [0.25, 0.3) is 0 Å². The van der Waals surface area contributed by atoms with Gasteiger partial charge < -0.3 is 4.74 Å². The summed E-state index contributed by atoms with van der Waals surface area (Å²) in [7, 11) is 0. The van der Waals surface area contributed by atoms with Crippen molar-refractivity contribution in [3.63, 3.8) is 0 Å². The van der Waals surface area contributed by atoms with Crippen molar-refractivity contribution in [3.8, 4) is 0 Å². The molecule has 12 heavy (non-hydrogen) atoms. The van der Waals surface area contributed by atoms with Gasteiger partial charge in [-0.2, -0.15) is 4.89 Å². The largest absolute Gasteiger partial charge is 0.430 e. The minimum absolute atomic E-state index is 0.335. The zero-order valence-electron chi connectivity index (χ0n) is 7.62. The highest BCUT2D eigenvalue weighted by atomic mass is 17.2. The molecule has 0 saturated carbocycles. The fourth-order valence-electron chi connectivity index (χ4n) is 0.435. The number of hydrogen-bond acceptors (Lipinski definition) is 4. The van der Waals surface area contributed by atoms with Crippen molar-refractivity contribution >= 4 is 5.97 Å². The minimum atomic E-state index is -0.700. The Kier molecular flexibility index (Phi) is 5.32. The molecule has 0 aliphatic carbocycles. The van der Waals surface area contributed by atoms with Gasteiger partial charge >= 0.3 is 5.97 Å². The Labute approximate surface area is 72.0 Å². The van der Waals surface area contributed by atoms with Crippen LogP contribution in [0.15, 0.2) is 12.2 Å². The van der Waals surface area contributed by atoms with Gasteiger partial charge in [0.1, 0.15) is 0 Å². The number of esters is 1. The van der Waals surface area contributed by atoms with Crippen LogP contribution in [0.5, 0.6) is 0 Å². The van der Waals surface area contributed by atoms with Crippen molar-refractivity contribution in [1.29, 1.82) is 0 Å². The Morgan fingerprint density at radius 3 is 2.58 bits per heavy atom. The van der Waals surface area contributed by atoms with Crippen molar-refractivity contribution in [2.75, 3.05) is 6.61 Å². The van der Waals surface area contributed by atoms with Gasteiger partial charge in [-0.25, -0.2) is 9.68 Å². The first-order valence-electron chi connectivity index (χ1n) is 3.72. The molecule has 0 aromatic rings. The van der Waals surface area contributed by atoms with Crippen molar-refractivity contribution in [2.24, 2.45) is 0 Å². The molecule has 70 valence electrons. The summed E-state index contributed by atoms with van der Waals surface area (Å²) in [5.41, 5.74) is 0.335. The molecule has 1 atom stereocenters. The molecule has 4 nitrogen and oxygen atoms in total. The molecule has 0 radical (unpaired) electrons. The summed E-state index contributed by atoms with van der Waals surface area (Å²) in [5, 5.41) is 0. The molecule has 0 aliphatic heterocycles. The van der Waals surface area contributed by atoms with E-state index >= 15 is 0 Å². The monoisotopic (exact) mass is 174 g/mol. The molecule has 0 saturated heterocycles. The highest BCUT2D eigenvalue weighted by molar-refractivity contribution is 5.86. The van der Waals surface area contributed by atoms with Crippen molar-refractivity contribution in [2.45, 2.75) is 27.1 Å². The molecule has 0 aromatic heterocycles. The van der Waals surface area contributed by atoms with E-state index in [2.05, 4.69) is 16.4 Å². The summed E-state index contributed by atoms with van der Waals surface area (Å²) in [6.07, 6.45) is -0.700. The molecule has 0 aromatic carbocycles. The predicted octanol–water partition coefficient (Wildman–Crippen LogP) is 1.42. The summed E-state index contributed by atoms with van der Waals surface area (Å²) in [5.74, 6) is -0.484. The molecule has 0 rings (SSSR count). The lowest BCUT2D eigenvalue weighted by Gasteiger charge is -2.11. The maximum absolute atomic E-state index is 10.9. The SMILES string of the molecule is C=C(C)C(=O)OC(C)OOCC. The van der Waals surface area contributed by atoms with Crippen LogP contribution in [0.4, 0.5) is 0 Å². The molecule has 0 spiro atoms. The topological polar surface area (TPSA) is 44.8 Å². The Hall–Kier alpha value is -0.870. The van der Waals surface area contributed by atoms with E-state index in [-0.39, 0.29) is 0 Å². The van der Waals surface area contributed by atoms with Crippen LogP contribution in [-0.2, 0) is 19.3 Å². The molecule has 0 N–H and O–H groups in total. The molecule has 0 heterocycles. The lowest BCUT2D eigenvalue weighted by molar-refractivity contribution is -0.362. The van der Waals surface area contributed by atoms with Gasteiger partial charge in [0, 0.05) is 12.5 Å². The molecule has 4 heteroatoms. The molecule has 0 amide bonds. The number of carbonyl (C=O) groups excluding carboxylic acids is 1. The number of rotatable bonds is 5. The molecule has 0 bridgehead atoms. The molecule has 0 aliphatic rings. The van der Waals surface area contributed by atoms with E-state index in [0.717, 1.165) is 0 Å². The first-order chi connectivity index (χ1) is 5.57. The van der Waals surface area contributed by atoms with E-state index in [1.54, 1.807) is 20.8 Å². The van der Waals surface area contributed by atoms with Crippen LogP contribution in [0.25, 0.3) is 0 Å². The van der Waals surface area contributed by atoms with Crippen LogP contribution in [0.3, 0.4) is 0 Å². The second kappa shape index (κ2) is 5.74.